The number of halogens is 3. The van der Waals surface area contributed by atoms with Crippen LogP contribution in [0, 0.1) is 5.82 Å². The molecule has 0 amide bonds. The molecule has 0 unspecified atom stereocenters. The maximum atomic E-state index is 13.4. The van der Waals surface area contributed by atoms with Gasteiger partial charge in [0.1, 0.15) is 0 Å². The molecule has 1 aliphatic rings. The lowest BCUT2D eigenvalue weighted by molar-refractivity contribution is 0.625. The molecule has 0 spiro atoms. The highest BCUT2D eigenvalue weighted by Crippen LogP contribution is 2.27. The summed E-state index contributed by atoms with van der Waals surface area (Å²) in [7, 11) is 0. The molecule has 0 atom stereocenters. The Morgan fingerprint density at radius 3 is 2.63 bits per heavy atom. The molecule has 1 heterocycles. The largest absolute Gasteiger partial charge is 0.308 e. The van der Waals surface area contributed by atoms with Crippen molar-refractivity contribution in [2.75, 3.05) is 0 Å². The summed E-state index contributed by atoms with van der Waals surface area (Å²) in [6, 6.07) is 3.56. The number of nitrogens with zero attached hydrogens (tertiary/aromatic N) is 3. The first-order valence-corrected chi connectivity index (χ1v) is 6.68. The molecule has 1 aliphatic carbocycles. The average Bonchev–Trinajstić information content (AvgIpc) is 3.10. The van der Waals surface area contributed by atoms with Crippen molar-refractivity contribution in [1.29, 1.82) is 0 Å². The monoisotopic (exact) mass is 300 g/mol. The van der Waals surface area contributed by atoms with Gasteiger partial charge in [-0.1, -0.05) is 28.4 Å². The molecule has 0 aliphatic heterocycles. The standard InChI is InChI=1S/C12H11Cl2FN4/c13-10-3-8(4-11(14)12(10)15)19-9(6-17-18-19)5-16-7-1-2-7/h3-4,6-7,16H,1-2,5H2. The Morgan fingerprint density at radius 1 is 1.32 bits per heavy atom. The first-order valence-electron chi connectivity index (χ1n) is 5.93. The molecule has 1 aromatic carbocycles. The van der Waals surface area contributed by atoms with Gasteiger partial charge < -0.3 is 5.32 Å². The van der Waals surface area contributed by atoms with Crippen molar-refractivity contribution < 1.29 is 4.39 Å². The van der Waals surface area contributed by atoms with Gasteiger partial charge in [0.2, 0.25) is 0 Å². The SMILES string of the molecule is Fc1c(Cl)cc(-n2nncc2CNC2CC2)cc1Cl. The van der Waals surface area contributed by atoms with Gasteiger partial charge in [0, 0.05) is 12.6 Å². The van der Waals surface area contributed by atoms with Crippen LogP contribution in [-0.4, -0.2) is 21.0 Å². The molecule has 0 bridgehead atoms. The first kappa shape index (κ1) is 12.8. The molecule has 100 valence electrons. The van der Waals surface area contributed by atoms with Crippen LogP contribution in [0.3, 0.4) is 0 Å². The second kappa shape index (κ2) is 5.07. The zero-order chi connectivity index (χ0) is 13.4. The van der Waals surface area contributed by atoms with E-state index < -0.39 is 5.82 Å². The van der Waals surface area contributed by atoms with E-state index >= 15 is 0 Å². The van der Waals surface area contributed by atoms with Crippen LogP contribution < -0.4 is 5.32 Å². The van der Waals surface area contributed by atoms with Crippen molar-refractivity contribution in [2.24, 2.45) is 0 Å². The van der Waals surface area contributed by atoms with E-state index in [0.717, 1.165) is 5.69 Å². The summed E-state index contributed by atoms with van der Waals surface area (Å²) in [6.07, 6.45) is 4.08. The molecular formula is C12H11Cl2FN4. The average molecular weight is 301 g/mol. The predicted octanol–water partition coefficient (Wildman–Crippen LogP) is 2.97. The molecule has 0 saturated heterocycles. The Balaban J connectivity index is 1.90. The summed E-state index contributed by atoms with van der Waals surface area (Å²) in [5.41, 5.74) is 1.48. The van der Waals surface area contributed by atoms with Crippen LogP contribution in [0.4, 0.5) is 4.39 Å². The van der Waals surface area contributed by atoms with Gasteiger partial charge in [0.05, 0.1) is 27.6 Å². The van der Waals surface area contributed by atoms with Gasteiger partial charge in [0.25, 0.3) is 0 Å². The topological polar surface area (TPSA) is 42.7 Å². The molecule has 1 saturated carbocycles. The molecule has 3 rings (SSSR count). The highest BCUT2D eigenvalue weighted by molar-refractivity contribution is 6.35. The fourth-order valence-corrected chi connectivity index (χ4v) is 2.27. The summed E-state index contributed by atoms with van der Waals surface area (Å²) in [4.78, 5) is 0. The number of hydrogen-bond donors (Lipinski definition) is 1. The molecule has 7 heteroatoms. The minimum absolute atomic E-state index is 0.0286. The third-order valence-corrected chi connectivity index (χ3v) is 3.53. The lowest BCUT2D eigenvalue weighted by atomic mass is 10.3. The highest BCUT2D eigenvalue weighted by atomic mass is 35.5. The van der Waals surface area contributed by atoms with Gasteiger partial charge in [-0.2, -0.15) is 0 Å². The third-order valence-electron chi connectivity index (χ3n) is 2.98. The van der Waals surface area contributed by atoms with Gasteiger partial charge in [-0.15, -0.1) is 5.10 Å². The molecule has 19 heavy (non-hydrogen) atoms. The van der Waals surface area contributed by atoms with E-state index in [9.17, 15) is 4.39 Å². The minimum Gasteiger partial charge on any atom is -0.308 e. The minimum atomic E-state index is -0.621. The molecule has 4 nitrogen and oxygen atoms in total. The number of aromatic nitrogens is 3. The van der Waals surface area contributed by atoms with Gasteiger partial charge in [-0.25, -0.2) is 9.07 Å². The zero-order valence-electron chi connectivity index (χ0n) is 9.91. The van der Waals surface area contributed by atoms with Crippen LogP contribution in [0.1, 0.15) is 18.5 Å². The maximum absolute atomic E-state index is 13.4. The highest BCUT2D eigenvalue weighted by Gasteiger charge is 2.21. The Hall–Kier alpha value is -1.17. The van der Waals surface area contributed by atoms with Crippen LogP contribution in [-0.2, 0) is 6.54 Å². The van der Waals surface area contributed by atoms with Crippen molar-refractivity contribution in [3.8, 4) is 5.69 Å². The maximum Gasteiger partial charge on any atom is 0.160 e. The second-order valence-corrected chi connectivity index (χ2v) is 5.33. The van der Waals surface area contributed by atoms with Crippen LogP contribution in [0.2, 0.25) is 10.0 Å². The Kier molecular flexibility index (Phi) is 3.43. The fourth-order valence-electron chi connectivity index (χ4n) is 1.80. The van der Waals surface area contributed by atoms with Crippen LogP contribution >= 0.6 is 23.2 Å². The van der Waals surface area contributed by atoms with Crippen molar-refractivity contribution in [3.63, 3.8) is 0 Å². The second-order valence-electron chi connectivity index (χ2n) is 4.52. The van der Waals surface area contributed by atoms with Crippen molar-refractivity contribution in [2.45, 2.75) is 25.4 Å². The fraction of sp³-hybridized carbons (Fsp3) is 0.333. The zero-order valence-corrected chi connectivity index (χ0v) is 11.4. The van der Waals surface area contributed by atoms with Crippen molar-refractivity contribution >= 4 is 23.2 Å². The van der Waals surface area contributed by atoms with E-state index in [2.05, 4.69) is 15.6 Å². The molecule has 0 radical (unpaired) electrons. The number of hydrogen-bond acceptors (Lipinski definition) is 3. The Morgan fingerprint density at radius 2 is 2.00 bits per heavy atom. The van der Waals surface area contributed by atoms with E-state index in [0.29, 0.717) is 18.3 Å². The van der Waals surface area contributed by atoms with Gasteiger partial charge >= 0.3 is 0 Å². The van der Waals surface area contributed by atoms with E-state index in [4.69, 9.17) is 23.2 Å². The van der Waals surface area contributed by atoms with Gasteiger partial charge in [0.15, 0.2) is 5.82 Å². The van der Waals surface area contributed by atoms with Crippen LogP contribution in [0.25, 0.3) is 5.69 Å². The summed E-state index contributed by atoms with van der Waals surface area (Å²) in [5, 5.41) is 11.2. The van der Waals surface area contributed by atoms with E-state index in [1.807, 2.05) is 0 Å². The van der Waals surface area contributed by atoms with Crippen molar-refractivity contribution in [3.05, 3.63) is 39.9 Å². The molecular weight excluding hydrogens is 290 g/mol. The normalized spacial score (nSPS) is 14.9. The van der Waals surface area contributed by atoms with Crippen LogP contribution in [0.15, 0.2) is 18.3 Å². The Bertz CT molecular complexity index is 587. The lowest BCUT2D eigenvalue weighted by Crippen LogP contribution is -2.18. The first-order chi connectivity index (χ1) is 9.15. The molecule has 1 aromatic heterocycles. The summed E-state index contributed by atoms with van der Waals surface area (Å²) < 4.78 is 15.0. The quantitative estimate of drug-likeness (QED) is 0.883. The van der Waals surface area contributed by atoms with E-state index in [1.54, 1.807) is 10.9 Å². The number of nitrogens with one attached hydrogen (secondary N) is 1. The third kappa shape index (κ3) is 2.73. The van der Waals surface area contributed by atoms with Gasteiger partial charge in [-0.05, 0) is 25.0 Å². The van der Waals surface area contributed by atoms with Crippen molar-refractivity contribution in [1.82, 2.24) is 20.3 Å². The van der Waals surface area contributed by atoms with Gasteiger partial charge in [-0.3, -0.25) is 0 Å². The smallest absolute Gasteiger partial charge is 0.160 e. The number of rotatable bonds is 4. The summed E-state index contributed by atoms with van der Waals surface area (Å²) in [5.74, 6) is -0.621. The lowest BCUT2D eigenvalue weighted by Gasteiger charge is -2.08. The predicted molar refractivity (Wildman–Crippen MR) is 71.2 cm³/mol. The summed E-state index contributed by atoms with van der Waals surface area (Å²) >= 11 is 11.6. The van der Waals surface area contributed by atoms with E-state index in [1.165, 1.54) is 25.0 Å². The molecule has 2 aromatic rings. The summed E-state index contributed by atoms with van der Waals surface area (Å²) in [6.45, 7) is 0.657. The number of benzene rings is 1. The van der Waals surface area contributed by atoms with Crippen LogP contribution in [0.5, 0.6) is 0 Å². The van der Waals surface area contributed by atoms with E-state index in [-0.39, 0.29) is 10.0 Å². The molecule has 1 N–H and O–H groups in total. The Labute approximate surface area is 119 Å². The molecule has 1 fully saturated rings.